The smallest absolute Gasteiger partial charge is 0.242 e. The number of guanidine groups is 1. The second-order valence-electron chi connectivity index (χ2n) is 7.03. The van der Waals surface area contributed by atoms with Crippen LogP contribution in [0.15, 0.2) is 34.6 Å². The Hall–Kier alpha value is -1.81. The van der Waals surface area contributed by atoms with Crippen molar-refractivity contribution in [2.24, 2.45) is 4.99 Å². The predicted molar refractivity (Wildman–Crippen MR) is 134 cm³/mol. The van der Waals surface area contributed by atoms with Crippen LogP contribution >= 0.6 is 35.3 Å². The van der Waals surface area contributed by atoms with Crippen molar-refractivity contribution in [2.45, 2.75) is 40.3 Å². The number of nitrogens with one attached hydrogen (secondary N) is 2. The summed E-state index contributed by atoms with van der Waals surface area (Å²) in [5.41, 5.74) is 3.46. The summed E-state index contributed by atoms with van der Waals surface area (Å²) < 4.78 is 5.74. The van der Waals surface area contributed by atoms with E-state index in [0.717, 1.165) is 36.4 Å². The van der Waals surface area contributed by atoms with Crippen molar-refractivity contribution in [3.63, 3.8) is 0 Å². The fraction of sp³-hybridized carbons (Fsp3) is 0.455. The van der Waals surface area contributed by atoms with Crippen LogP contribution in [-0.2, 0) is 24.3 Å². The van der Waals surface area contributed by atoms with Gasteiger partial charge in [0.1, 0.15) is 5.75 Å². The number of thiophene rings is 1. The van der Waals surface area contributed by atoms with Crippen molar-refractivity contribution in [1.82, 2.24) is 15.5 Å². The van der Waals surface area contributed by atoms with Gasteiger partial charge in [-0.2, -0.15) is 0 Å². The Kier molecular flexibility index (Phi) is 9.90. The van der Waals surface area contributed by atoms with E-state index in [2.05, 4.69) is 33.1 Å². The molecule has 0 bridgehead atoms. The number of hydrogen-bond donors (Lipinski definition) is 2. The Morgan fingerprint density at radius 2 is 2.10 bits per heavy atom. The van der Waals surface area contributed by atoms with Gasteiger partial charge in [-0.15, -0.1) is 35.3 Å². The highest BCUT2D eigenvalue weighted by molar-refractivity contribution is 14.0. The molecule has 1 aliphatic heterocycles. The number of benzene rings is 1. The lowest BCUT2D eigenvalue weighted by molar-refractivity contribution is -0.130. The fourth-order valence-electron chi connectivity index (χ4n) is 3.32. The van der Waals surface area contributed by atoms with Gasteiger partial charge >= 0.3 is 0 Å². The van der Waals surface area contributed by atoms with E-state index in [1.807, 2.05) is 37.8 Å². The average Bonchev–Trinajstić information content (AvgIpc) is 3.19. The molecule has 0 radical (unpaired) electrons. The fourth-order valence-corrected chi connectivity index (χ4v) is 4.21. The lowest BCUT2D eigenvalue weighted by atomic mass is 10.1. The molecule has 30 heavy (non-hydrogen) atoms. The first-order valence-electron chi connectivity index (χ1n) is 10.2. The van der Waals surface area contributed by atoms with Gasteiger partial charge in [0.25, 0.3) is 0 Å². The largest absolute Gasteiger partial charge is 0.494 e. The summed E-state index contributed by atoms with van der Waals surface area (Å²) in [5, 5.41) is 8.50. The molecule has 0 saturated carbocycles. The first kappa shape index (κ1) is 24.5. The topological polar surface area (TPSA) is 66.0 Å². The maximum absolute atomic E-state index is 12.7. The van der Waals surface area contributed by atoms with Gasteiger partial charge < -0.3 is 20.3 Å². The van der Waals surface area contributed by atoms with Crippen molar-refractivity contribution in [2.75, 3.05) is 26.2 Å². The summed E-state index contributed by atoms with van der Waals surface area (Å²) in [7, 11) is 0. The Labute approximate surface area is 200 Å². The molecule has 0 atom stereocenters. The Morgan fingerprint density at radius 1 is 1.27 bits per heavy atom. The van der Waals surface area contributed by atoms with E-state index in [1.54, 1.807) is 11.3 Å². The van der Waals surface area contributed by atoms with Gasteiger partial charge in [-0.3, -0.25) is 4.79 Å². The molecular weight excluding hydrogens is 511 g/mol. The van der Waals surface area contributed by atoms with E-state index in [9.17, 15) is 4.79 Å². The van der Waals surface area contributed by atoms with Gasteiger partial charge in [0.15, 0.2) is 5.96 Å². The van der Waals surface area contributed by atoms with Gasteiger partial charge in [0, 0.05) is 30.1 Å². The lowest BCUT2D eigenvalue weighted by Gasteiger charge is -2.27. The molecule has 0 aliphatic carbocycles. The first-order valence-corrected chi connectivity index (χ1v) is 11.1. The number of fused-ring (bicyclic) bond motifs is 1. The molecule has 1 aromatic heterocycles. The molecule has 0 fully saturated rings. The summed E-state index contributed by atoms with van der Waals surface area (Å²) >= 11 is 1.78. The quantitative estimate of drug-likeness (QED) is 0.318. The monoisotopic (exact) mass is 542 g/mol. The molecule has 1 amide bonds. The van der Waals surface area contributed by atoms with Crippen molar-refractivity contribution in [3.05, 3.63) is 51.2 Å². The van der Waals surface area contributed by atoms with E-state index in [0.29, 0.717) is 25.7 Å². The number of carbonyl (C=O) groups excluding carboxylic acids is 1. The second kappa shape index (κ2) is 12.1. The minimum Gasteiger partial charge on any atom is -0.494 e. The van der Waals surface area contributed by atoms with Gasteiger partial charge in [-0.1, -0.05) is 12.1 Å². The third-order valence-corrected chi connectivity index (χ3v) is 5.86. The average molecular weight is 542 g/mol. The zero-order valence-corrected chi connectivity index (χ0v) is 21.0. The van der Waals surface area contributed by atoms with Crippen LogP contribution in [0, 0.1) is 6.92 Å². The highest BCUT2D eigenvalue weighted by Crippen LogP contribution is 2.24. The number of aryl methyl sites for hydroxylation is 1. The van der Waals surface area contributed by atoms with Crippen molar-refractivity contribution >= 4 is 47.2 Å². The van der Waals surface area contributed by atoms with Crippen LogP contribution in [0.1, 0.15) is 35.4 Å². The van der Waals surface area contributed by atoms with Crippen molar-refractivity contribution in [1.29, 1.82) is 0 Å². The van der Waals surface area contributed by atoms with Gasteiger partial charge in [-0.25, -0.2) is 4.99 Å². The molecule has 1 aromatic carbocycles. The highest BCUT2D eigenvalue weighted by Gasteiger charge is 2.21. The standard InChI is InChI=1S/C22H30N4O2S.HI/c1-4-23-22(24-13-17-7-6-16(3)12-19(17)28-5-2)25-14-21(27)26-10-8-20-18(15-26)9-11-29-20;/h6-7,9,11-12H,4-5,8,10,13-15H2,1-3H3,(H2,23,24,25);1H. The molecule has 1 aliphatic rings. The van der Waals surface area contributed by atoms with Gasteiger partial charge in [0.2, 0.25) is 5.91 Å². The number of halogens is 1. The number of amides is 1. The van der Waals surface area contributed by atoms with E-state index in [1.165, 1.54) is 10.4 Å². The molecule has 2 N–H and O–H groups in total. The third-order valence-electron chi connectivity index (χ3n) is 4.84. The number of rotatable bonds is 7. The first-order chi connectivity index (χ1) is 14.1. The van der Waals surface area contributed by atoms with Crippen LogP contribution < -0.4 is 15.4 Å². The Balaban J connectivity index is 0.00000320. The molecular formula is C22H31IN4O2S. The number of carbonyl (C=O) groups is 1. The van der Waals surface area contributed by atoms with Crippen LogP contribution in [0.2, 0.25) is 0 Å². The number of ether oxygens (including phenoxy) is 1. The van der Waals surface area contributed by atoms with Crippen LogP contribution in [0.5, 0.6) is 5.75 Å². The van der Waals surface area contributed by atoms with Crippen LogP contribution in [0.3, 0.4) is 0 Å². The van der Waals surface area contributed by atoms with E-state index in [-0.39, 0.29) is 36.4 Å². The molecule has 6 nitrogen and oxygen atoms in total. The molecule has 0 spiro atoms. The maximum atomic E-state index is 12.7. The molecule has 2 heterocycles. The van der Waals surface area contributed by atoms with Crippen LogP contribution in [0.25, 0.3) is 0 Å². The Bertz CT molecular complexity index is 869. The summed E-state index contributed by atoms with van der Waals surface area (Å²) in [6.07, 6.45) is 0.945. The molecule has 8 heteroatoms. The number of hydrogen-bond acceptors (Lipinski definition) is 4. The normalized spacial score (nSPS) is 13.3. The molecule has 3 rings (SSSR count). The number of aliphatic imine (C=N–C) groups is 1. The third kappa shape index (κ3) is 6.60. The van der Waals surface area contributed by atoms with Crippen molar-refractivity contribution in [3.8, 4) is 5.75 Å². The second-order valence-corrected chi connectivity index (χ2v) is 8.03. The molecule has 0 saturated heterocycles. The maximum Gasteiger partial charge on any atom is 0.242 e. The van der Waals surface area contributed by atoms with Crippen molar-refractivity contribution < 1.29 is 9.53 Å². The molecule has 0 unspecified atom stereocenters. The summed E-state index contributed by atoms with van der Waals surface area (Å²) in [4.78, 5) is 20.6. The number of nitrogens with zero attached hydrogens (tertiary/aromatic N) is 2. The zero-order valence-electron chi connectivity index (χ0n) is 17.9. The zero-order chi connectivity index (χ0) is 20.6. The van der Waals surface area contributed by atoms with Crippen LogP contribution in [0.4, 0.5) is 0 Å². The Morgan fingerprint density at radius 3 is 2.87 bits per heavy atom. The SMILES string of the molecule is CCNC(=NCc1ccc(C)cc1OCC)NCC(=O)N1CCc2sccc2C1.I. The molecule has 164 valence electrons. The molecule has 2 aromatic rings. The predicted octanol–water partition coefficient (Wildman–Crippen LogP) is 3.71. The minimum absolute atomic E-state index is 0. The summed E-state index contributed by atoms with van der Waals surface area (Å²) in [6, 6.07) is 8.26. The van der Waals surface area contributed by atoms with Gasteiger partial charge in [-0.05, 0) is 55.8 Å². The highest BCUT2D eigenvalue weighted by atomic mass is 127. The van der Waals surface area contributed by atoms with E-state index < -0.39 is 0 Å². The van der Waals surface area contributed by atoms with Gasteiger partial charge in [0.05, 0.1) is 19.7 Å². The summed E-state index contributed by atoms with van der Waals surface area (Å²) in [5.74, 6) is 1.60. The van der Waals surface area contributed by atoms with E-state index in [4.69, 9.17) is 4.74 Å². The van der Waals surface area contributed by atoms with Crippen LogP contribution in [-0.4, -0.2) is 43.0 Å². The minimum atomic E-state index is 0. The summed E-state index contributed by atoms with van der Waals surface area (Å²) in [6.45, 7) is 9.59. The van der Waals surface area contributed by atoms with E-state index >= 15 is 0 Å². The lowest BCUT2D eigenvalue weighted by Crippen LogP contribution is -2.45.